The minimum atomic E-state index is -0.619. The van der Waals surface area contributed by atoms with Crippen molar-refractivity contribution < 1.29 is 33.6 Å². The summed E-state index contributed by atoms with van der Waals surface area (Å²) in [6.07, 6.45) is 0. The molecular formula is C13H18O7. The number of aliphatic hydroxyl groups excluding tert-OH is 1. The maximum Gasteiger partial charge on any atom is 0.345 e. The van der Waals surface area contributed by atoms with Crippen LogP contribution in [-0.2, 0) is 20.8 Å². The molecule has 112 valence electrons. The SMILES string of the molecule is COCOc1cc(CO)cc(OCOC)c1C(=O)OC. The zero-order valence-electron chi connectivity index (χ0n) is 11.7. The summed E-state index contributed by atoms with van der Waals surface area (Å²) in [4.78, 5) is 11.9. The van der Waals surface area contributed by atoms with Crippen molar-refractivity contribution in [3.05, 3.63) is 23.3 Å². The van der Waals surface area contributed by atoms with Gasteiger partial charge in [0.25, 0.3) is 0 Å². The number of carbonyl (C=O) groups excluding carboxylic acids is 1. The van der Waals surface area contributed by atoms with E-state index in [4.69, 9.17) is 23.7 Å². The van der Waals surface area contributed by atoms with Crippen molar-refractivity contribution in [2.75, 3.05) is 34.9 Å². The highest BCUT2D eigenvalue weighted by molar-refractivity contribution is 5.95. The summed E-state index contributed by atoms with van der Waals surface area (Å²) < 4.78 is 25.0. The van der Waals surface area contributed by atoms with Gasteiger partial charge in [0.1, 0.15) is 17.1 Å². The molecule has 1 rings (SSSR count). The average molecular weight is 286 g/mol. The number of ether oxygens (including phenoxy) is 5. The Balaban J connectivity index is 3.24. The van der Waals surface area contributed by atoms with E-state index in [0.29, 0.717) is 5.56 Å². The zero-order valence-corrected chi connectivity index (χ0v) is 11.7. The van der Waals surface area contributed by atoms with E-state index in [-0.39, 0.29) is 37.3 Å². The van der Waals surface area contributed by atoms with Gasteiger partial charge in [-0.15, -0.1) is 0 Å². The van der Waals surface area contributed by atoms with E-state index >= 15 is 0 Å². The molecule has 0 saturated carbocycles. The molecule has 1 N–H and O–H groups in total. The van der Waals surface area contributed by atoms with Gasteiger partial charge in [-0.25, -0.2) is 4.79 Å². The molecule has 0 heterocycles. The van der Waals surface area contributed by atoms with E-state index < -0.39 is 5.97 Å². The molecule has 0 aliphatic carbocycles. The Kier molecular flexibility index (Phi) is 6.78. The molecule has 0 atom stereocenters. The van der Waals surface area contributed by atoms with Crippen LogP contribution in [0, 0.1) is 0 Å². The first-order chi connectivity index (χ1) is 9.67. The summed E-state index contributed by atoms with van der Waals surface area (Å²) in [6.45, 7) is -0.334. The van der Waals surface area contributed by atoms with E-state index in [2.05, 4.69) is 0 Å². The summed E-state index contributed by atoms with van der Waals surface area (Å²) in [5, 5.41) is 9.23. The fourth-order valence-electron chi connectivity index (χ4n) is 1.51. The Labute approximate surface area is 117 Å². The van der Waals surface area contributed by atoms with Crippen LogP contribution >= 0.6 is 0 Å². The Morgan fingerprint density at radius 1 is 1.05 bits per heavy atom. The van der Waals surface area contributed by atoms with E-state index in [9.17, 15) is 9.90 Å². The number of aliphatic hydroxyl groups is 1. The molecule has 0 aromatic heterocycles. The van der Waals surface area contributed by atoms with E-state index in [0.717, 1.165) is 0 Å². The van der Waals surface area contributed by atoms with Crippen LogP contribution in [0.15, 0.2) is 12.1 Å². The number of esters is 1. The Morgan fingerprint density at radius 3 is 1.90 bits per heavy atom. The number of hydrogen-bond donors (Lipinski definition) is 1. The van der Waals surface area contributed by atoms with Crippen molar-refractivity contribution in [2.45, 2.75) is 6.61 Å². The van der Waals surface area contributed by atoms with Gasteiger partial charge in [0.15, 0.2) is 13.6 Å². The van der Waals surface area contributed by atoms with Crippen LogP contribution in [0.4, 0.5) is 0 Å². The lowest BCUT2D eigenvalue weighted by atomic mass is 10.1. The van der Waals surface area contributed by atoms with E-state index in [1.807, 2.05) is 0 Å². The van der Waals surface area contributed by atoms with Crippen molar-refractivity contribution >= 4 is 5.97 Å². The molecule has 0 aliphatic heterocycles. The van der Waals surface area contributed by atoms with Gasteiger partial charge < -0.3 is 28.8 Å². The van der Waals surface area contributed by atoms with Crippen molar-refractivity contribution in [1.29, 1.82) is 0 Å². The molecule has 0 amide bonds. The summed E-state index contributed by atoms with van der Waals surface area (Å²) >= 11 is 0. The van der Waals surface area contributed by atoms with Gasteiger partial charge >= 0.3 is 5.97 Å². The van der Waals surface area contributed by atoms with Gasteiger partial charge in [-0.2, -0.15) is 0 Å². The van der Waals surface area contributed by atoms with Crippen molar-refractivity contribution in [2.24, 2.45) is 0 Å². The second-order valence-corrected chi connectivity index (χ2v) is 3.72. The molecule has 1 aromatic carbocycles. The molecule has 0 radical (unpaired) electrons. The summed E-state index contributed by atoms with van der Waals surface area (Å²) in [5.74, 6) is -0.209. The van der Waals surface area contributed by atoms with Crippen molar-refractivity contribution in [3.63, 3.8) is 0 Å². The second kappa shape index (κ2) is 8.36. The Bertz CT molecular complexity index is 415. The molecule has 0 bridgehead atoms. The van der Waals surface area contributed by atoms with Crippen LogP contribution in [0.1, 0.15) is 15.9 Å². The molecule has 0 saturated heterocycles. The topological polar surface area (TPSA) is 83.5 Å². The fourth-order valence-corrected chi connectivity index (χ4v) is 1.51. The highest BCUT2D eigenvalue weighted by Crippen LogP contribution is 2.32. The highest BCUT2D eigenvalue weighted by Gasteiger charge is 2.21. The summed E-state index contributed by atoms with van der Waals surface area (Å²) in [7, 11) is 4.16. The molecule has 0 unspecified atom stereocenters. The molecule has 0 fully saturated rings. The molecule has 7 nitrogen and oxygen atoms in total. The van der Waals surface area contributed by atoms with Crippen molar-refractivity contribution in [3.8, 4) is 11.5 Å². The molecule has 0 spiro atoms. The number of rotatable bonds is 8. The first-order valence-corrected chi connectivity index (χ1v) is 5.77. The quantitative estimate of drug-likeness (QED) is 0.562. The minimum Gasteiger partial charge on any atom is -0.466 e. The van der Waals surface area contributed by atoms with Gasteiger partial charge in [-0.3, -0.25) is 0 Å². The lowest BCUT2D eigenvalue weighted by Crippen LogP contribution is -2.12. The number of carbonyl (C=O) groups is 1. The summed E-state index contributed by atoms with van der Waals surface area (Å²) in [5.41, 5.74) is 0.633. The van der Waals surface area contributed by atoms with Gasteiger partial charge in [0.2, 0.25) is 0 Å². The third-order valence-corrected chi connectivity index (χ3v) is 2.36. The molecule has 0 aliphatic rings. The Morgan fingerprint density at radius 2 is 1.55 bits per heavy atom. The fraction of sp³-hybridized carbons (Fsp3) is 0.462. The molecule has 7 heteroatoms. The van der Waals surface area contributed by atoms with Gasteiger partial charge in [0.05, 0.1) is 13.7 Å². The molecular weight excluding hydrogens is 268 g/mol. The second-order valence-electron chi connectivity index (χ2n) is 3.72. The van der Waals surface area contributed by atoms with Crippen molar-refractivity contribution in [1.82, 2.24) is 0 Å². The minimum absolute atomic E-state index is 0.0530. The van der Waals surface area contributed by atoms with Gasteiger partial charge in [0, 0.05) is 14.2 Å². The monoisotopic (exact) mass is 286 g/mol. The lowest BCUT2D eigenvalue weighted by Gasteiger charge is -2.15. The highest BCUT2D eigenvalue weighted by atomic mass is 16.7. The van der Waals surface area contributed by atoms with Crippen LogP contribution in [0.25, 0.3) is 0 Å². The van der Waals surface area contributed by atoms with Crippen LogP contribution in [-0.4, -0.2) is 46.0 Å². The third-order valence-electron chi connectivity index (χ3n) is 2.36. The number of methoxy groups -OCH3 is 3. The van der Waals surface area contributed by atoms with Gasteiger partial charge in [-0.05, 0) is 17.7 Å². The smallest absolute Gasteiger partial charge is 0.345 e. The van der Waals surface area contributed by atoms with Crippen LogP contribution in [0.5, 0.6) is 11.5 Å². The predicted molar refractivity (Wildman–Crippen MR) is 68.7 cm³/mol. The third kappa shape index (κ3) is 4.09. The van der Waals surface area contributed by atoms with Crippen LogP contribution in [0.3, 0.4) is 0 Å². The lowest BCUT2D eigenvalue weighted by molar-refractivity contribution is 0.0396. The Hall–Kier alpha value is -1.83. The number of hydrogen-bond acceptors (Lipinski definition) is 7. The standard InChI is InChI=1S/C13H18O7/c1-16-7-19-10-4-9(6-14)5-11(20-8-17-2)12(10)13(15)18-3/h4-5,14H,6-8H2,1-3H3. The normalized spacial score (nSPS) is 10.2. The largest absolute Gasteiger partial charge is 0.466 e. The van der Waals surface area contributed by atoms with Crippen LogP contribution in [0.2, 0.25) is 0 Å². The molecule has 1 aromatic rings. The van der Waals surface area contributed by atoms with E-state index in [1.54, 1.807) is 0 Å². The first-order valence-electron chi connectivity index (χ1n) is 5.77. The number of benzene rings is 1. The van der Waals surface area contributed by atoms with Gasteiger partial charge in [-0.1, -0.05) is 0 Å². The molecule has 20 heavy (non-hydrogen) atoms. The zero-order chi connectivity index (χ0) is 15.0. The average Bonchev–Trinajstić information content (AvgIpc) is 2.49. The maximum atomic E-state index is 11.9. The first kappa shape index (κ1) is 16.2. The maximum absolute atomic E-state index is 11.9. The predicted octanol–water partition coefficient (Wildman–Crippen LogP) is 0.931. The van der Waals surface area contributed by atoms with E-state index in [1.165, 1.54) is 33.5 Å². The summed E-state index contributed by atoms with van der Waals surface area (Å²) in [6, 6.07) is 3.04. The van der Waals surface area contributed by atoms with Crippen LogP contribution < -0.4 is 9.47 Å².